The average Bonchev–Trinajstić information content (AvgIpc) is 2.60. The van der Waals surface area contributed by atoms with Gasteiger partial charge >= 0.3 is 0 Å². The van der Waals surface area contributed by atoms with Crippen molar-refractivity contribution < 1.29 is 60.6 Å². The molecule has 0 spiro atoms. The highest BCUT2D eigenvalue weighted by Crippen LogP contribution is 2.20. The predicted molar refractivity (Wildman–Crippen MR) is 87.5 cm³/mol. The van der Waals surface area contributed by atoms with Gasteiger partial charge in [0.15, 0.2) is 0 Å². The second kappa shape index (κ2) is 14.3. The molecule has 0 aliphatic carbocycles. The number of rotatable bonds is 19. The molecule has 0 aliphatic rings. The summed E-state index contributed by atoms with van der Waals surface area (Å²) in [5, 5.41) is 26.3. The molecular formula is C16H28F6O7. The second-order valence-electron chi connectivity index (χ2n) is 6.39. The van der Waals surface area contributed by atoms with Crippen molar-refractivity contribution in [2.24, 2.45) is 0 Å². The van der Waals surface area contributed by atoms with Crippen molar-refractivity contribution in [1.82, 2.24) is 0 Å². The molecule has 0 amide bonds. The molecule has 0 saturated carbocycles. The molecule has 0 rings (SSSR count). The Hall–Kier alpha value is -0.700. The minimum absolute atomic E-state index is 0.00475. The highest BCUT2D eigenvalue weighted by atomic mass is 19.3. The van der Waals surface area contributed by atoms with Crippen LogP contribution in [0.1, 0.15) is 12.8 Å². The van der Waals surface area contributed by atoms with E-state index in [0.29, 0.717) is 12.8 Å². The van der Waals surface area contributed by atoms with Crippen molar-refractivity contribution in [3.63, 3.8) is 0 Å². The Morgan fingerprint density at radius 1 is 0.621 bits per heavy atom. The summed E-state index contributed by atoms with van der Waals surface area (Å²) in [6.07, 6.45) is -0.0719. The summed E-state index contributed by atoms with van der Waals surface area (Å²) in [4.78, 5) is 0. The van der Waals surface area contributed by atoms with E-state index in [2.05, 4.69) is 14.2 Å². The van der Waals surface area contributed by atoms with Gasteiger partial charge in [0.05, 0.1) is 13.2 Å². The Bertz CT molecular complexity index is 415. The molecule has 0 aromatic heterocycles. The SMILES string of the molecule is OCCCCOCC(O)COCC(F)(F)COCC(F)(F)COCC(F)(F)CO. The molecule has 0 aromatic rings. The first-order valence-electron chi connectivity index (χ1n) is 8.77. The van der Waals surface area contributed by atoms with E-state index in [-0.39, 0.29) is 19.8 Å². The quantitative estimate of drug-likeness (QED) is 0.202. The standard InChI is InChI=1S/C16H28F6O7/c17-14(18,7-24)8-28-11-16(21,22)12-29-10-15(19,20)9-27-6-13(25)5-26-4-2-1-3-23/h13,23-25H,1-12H2. The van der Waals surface area contributed by atoms with Crippen LogP contribution in [-0.2, 0) is 18.9 Å². The largest absolute Gasteiger partial charge is 0.396 e. The van der Waals surface area contributed by atoms with Crippen LogP contribution in [0.25, 0.3) is 0 Å². The molecule has 0 aromatic carbocycles. The number of halogens is 6. The van der Waals surface area contributed by atoms with Crippen LogP contribution in [0.15, 0.2) is 0 Å². The Balaban J connectivity index is 3.93. The first kappa shape index (κ1) is 28.3. The van der Waals surface area contributed by atoms with Gasteiger partial charge < -0.3 is 34.3 Å². The van der Waals surface area contributed by atoms with Crippen LogP contribution in [0.4, 0.5) is 26.3 Å². The van der Waals surface area contributed by atoms with Gasteiger partial charge in [-0.05, 0) is 12.8 Å². The topological polar surface area (TPSA) is 97.6 Å². The summed E-state index contributed by atoms with van der Waals surface area (Å²) in [5.41, 5.74) is 0. The zero-order chi connectivity index (χ0) is 22.4. The van der Waals surface area contributed by atoms with E-state index >= 15 is 0 Å². The summed E-state index contributed by atoms with van der Waals surface area (Å²) >= 11 is 0. The van der Waals surface area contributed by atoms with E-state index in [9.17, 15) is 31.4 Å². The zero-order valence-electron chi connectivity index (χ0n) is 15.8. The smallest absolute Gasteiger partial charge is 0.293 e. The van der Waals surface area contributed by atoms with E-state index in [1.165, 1.54) is 0 Å². The molecule has 0 radical (unpaired) electrons. The van der Waals surface area contributed by atoms with E-state index in [1.807, 2.05) is 0 Å². The van der Waals surface area contributed by atoms with Gasteiger partial charge in [-0.3, -0.25) is 0 Å². The highest BCUT2D eigenvalue weighted by Gasteiger charge is 2.36. The summed E-state index contributed by atoms with van der Waals surface area (Å²) < 4.78 is 96.9. The van der Waals surface area contributed by atoms with Crippen LogP contribution in [0.5, 0.6) is 0 Å². The van der Waals surface area contributed by atoms with Gasteiger partial charge in [0.25, 0.3) is 17.8 Å². The van der Waals surface area contributed by atoms with E-state index < -0.39 is 70.1 Å². The number of ether oxygens (including phenoxy) is 4. The lowest BCUT2D eigenvalue weighted by Crippen LogP contribution is -2.37. The van der Waals surface area contributed by atoms with Gasteiger partial charge in [0.1, 0.15) is 45.7 Å². The maximum absolute atomic E-state index is 13.5. The first-order chi connectivity index (χ1) is 13.4. The van der Waals surface area contributed by atoms with Crippen LogP contribution >= 0.6 is 0 Å². The molecule has 0 bridgehead atoms. The molecule has 7 nitrogen and oxygen atoms in total. The van der Waals surface area contributed by atoms with Crippen molar-refractivity contribution in [1.29, 1.82) is 0 Å². The third-order valence-corrected chi connectivity index (χ3v) is 3.11. The third kappa shape index (κ3) is 16.7. The van der Waals surface area contributed by atoms with Gasteiger partial charge in [-0.15, -0.1) is 0 Å². The number of hydrogen-bond acceptors (Lipinski definition) is 7. The zero-order valence-corrected chi connectivity index (χ0v) is 15.8. The maximum Gasteiger partial charge on any atom is 0.293 e. The van der Waals surface area contributed by atoms with Gasteiger partial charge in [0.2, 0.25) is 0 Å². The molecule has 29 heavy (non-hydrogen) atoms. The monoisotopic (exact) mass is 446 g/mol. The van der Waals surface area contributed by atoms with Crippen molar-refractivity contribution in [3.8, 4) is 0 Å². The van der Waals surface area contributed by atoms with Gasteiger partial charge in [-0.25, -0.2) is 26.3 Å². The lowest BCUT2D eigenvalue weighted by molar-refractivity contribution is -0.181. The van der Waals surface area contributed by atoms with Crippen LogP contribution in [-0.4, -0.2) is 105 Å². The lowest BCUT2D eigenvalue weighted by atomic mass is 10.3. The molecule has 0 aliphatic heterocycles. The molecule has 1 atom stereocenters. The Labute approximate surface area is 164 Å². The first-order valence-corrected chi connectivity index (χ1v) is 8.77. The Morgan fingerprint density at radius 2 is 1.07 bits per heavy atom. The summed E-state index contributed by atoms with van der Waals surface area (Å²) in [5.74, 6) is -11.1. The van der Waals surface area contributed by atoms with Crippen molar-refractivity contribution in [3.05, 3.63) is 0 Å². The number of alkyl halides is 6. The van der Waals surface area contributed by atoms with Gasteiger partial charge in [-0.1, -0.05) is 0 Å². The summed E-state index contributed by atoms with van der Waals surface area (Å²) in [6.45, 7) is -8.96. The average molecular weight is 446 g/mol. The van der Waals surface area contributed by atoms with Crippen LogP contribution in [0.3, 0.4) is 0 Å². The van der Waals surface area contributed by atoms with E-state index in [4.69, 9.17) is 14.9 Å². The Kier molecular flexibility index (Phi) is 14.0. The molecule has 1 unspecified atom stereocenters. The maximum atomic E-state index is 13.5. The highest BCUT2D eigenvalue weighted by molar-refractivity contribution is 4.70. The molecule has 3 N–H and O–H groups in total. The molecule has 0 fully saturated rings. The van der Waals surface area contributed by atoms with E-state index in [1.54, 1.807) is 0 Å². The van der Waals surface area contributed by atoms with Gasteiger partial charge in [-0.2, -0.15) is 0 Å². The van der Waals surface area contributed by atoms with Crippen molar-refractivity contribution >= 4 is 0 Å². The molecule has 0 heterocycles. The fraction of sp³-hybridized carbons (Fsp3) is 1.00. The minimum Gasteiger partial charge on any atom is -0.396 e. The minimum atomic E-state index is -3.79. The van der Waals surface area contributed by atoms with Crippen LogP contribution < -0.4 is 0 Å². The fourth-order valence-corrected chi connectivity index (χ4v) is 1.76. The second-order valence-corrected chi connectivity index (χ2v) is 6.39. The fourth-order valence-electron chi connectivity index (χ4n) is 1.76. The molecular weight excluding hydrogens is 418 g/mol. The van der Waals surface area contributed by atoms with Crippen molar-refractivity contribution in [2.45, 2.75) is 36.7 Å². The van der Waals surface area contributed by atoms with Crippen LogP contribution in [0.2, 0.25) is 0 Å². The molecule has 0 saturated heterocycles. The normalized spacial score (nSPS) is 14.4. The number of unbranched alkanes of at least 4 members (excludes halogenated alkanes) is 1. The lowest BCUT2D eigenvalue weighted by Gasteiger charge is -2.21. The van der Waals surface area contributed by atoms with Crippen molar-refractivity contribution in [2.75, 3.05) is 66.1 Å². The number of hydrogen-bond donors (Lipinski definition) is 3. The third-order valence-electron chi connectivity index (χ3n) is 3.11. The molecule has 176 valence electrons. The number of aliphatic hydroxyl groups is 3. The van der Waals surface area contributed by atoms with E-state index in [0.717, 1.165) is 0 Å². The van der Waals surface area contributed by atoms with Gasteiger partial charge in [0, 0.05) is 13.2 Å². The molecule has 13 heteroatoms. The number of aliphatic hydroxyl groups excluding tert-OH is 3. The summed E-state index contributed by atoms with van der Waals surface area (Å²) in [6, 6.07) is 0. The summed E-state index contributed by atoms with van der Waals surface area (Å²) in [7, 11) is 0. The van der Waals surface area contributed by atoms with Crippen LogP contribution in [0, 0.1) is 0 Å². The Morgan fingerprint density at radius 3 is 1.55 bits per heavy atom. The predicted octanol–water partition coefficient (Wildman–Crippen LogP) is 1.08.